The van der Waals surface area contributed by atoms with Gasteiger partial charge in [-0.15, -0.1) is 0 Å². The topological polar surface area (TPSA) is 0 Å². The van der Waals surface area contributed by atoms with Crippen molar-refractivity contribution >= 4 is 6.15 Å². The summed E-state index contributed by atoms with van der Waals surface area (Å²) in [5.41, 5.74) is 0. The van der Waals surface area contributed by atoms with Crippen molar-refractivity contribution in [2.24, 2.45) is 0 Å². The first-order valence-corrected chi connectivity index (χ1v) is 8.53. The number of rotatable bonds is 3. The van der Waals surface area contributed by atoms with Gasteiger partial charge >= 0.3 is 18.9 Å². The zero-order chi connectivity index (χ0) is 12.4. The largest absolute Gasteiger partial charge is 1.00 e. The molecule has 0 spiro atoms. The molecule has 2 heteroatoms. The second-order valence-corrected chi connectivity index (χ2v) is 7.38. The molecule has 0 bridgehead atoms. The van der Waals surface area contributed by atoms with E-state index in [4.69, 9.17) is 6.42 Å². The van der Waals surface area contributed by atoms with Crippen LogP contribution in [0.5, 0.6) is 0 Å². The summed E-state index contributed by atoms with van der Waals surface area (Å²) in [6.45, 7) is 0. The number of hydrogen-bond donors (Lipinski definition) is 0. The predicted octanol–water partition coefficient (Wildman–Crippen LogP) is 2.44. The Labute approximate surface area is 132 Å². The molecule has 0 radical (unpaired) electrons. The minimum Gasteiger partial charge on any atom is -0.317 e. The first-order valence-electron chi connectivity index (χ1n) is 8.53. The predicted molar refractivity (Wildman–Crippen MR) is 81.2 cm³/mol. The monoisotopic (exact) mass is 250 g/mol. The van der Waals surface area contributed by atoms with E-state index in [9.17, 15) is 0 Å². The first-order chi connectivity index (χ1) is 8.88. The van der Waals surface area contributed by atoms with Gasteiger partial charge in [0.1, 0.15) is 0 Å². The molecule has 0 saturated heterocycles. The quantitative estimate of drug-likeness (QED) is 0.533. The van der Waals surface area contributed by atoms with E-state index in [1.807, 2.05) is 0 Å². The Hall–Kier alpha value is 0.222. The van der Waals surface area contributed by atoms with E-state index in [2.05, 4.69) is 5.82 Å². The molecule has 0 unspecified atom stereocenters. The Kier molecular flexibility index (Phi) is 5.57. The van der Waals surface area contributed by atoms with E-state index in [0.717, 1.165) is 17.5 Å². The van der Waals surface area contributed by atoms with Gasteiger partial charge in [0.2, 0.25) is 0 Å². The third-order valence-corrected chi connectivity index (χ3v) is 6.83. The Bertz CT molecular complexity index is 274. The molecule has 0 atom stereocenters. The number of hydrogen-bond acceptors (Lipinski definition) is 0. The van der Waals surface area contributed by atoms with Gasteiger partial charge < -0.3 is 5.82 Å². The van der Waals surface area contributed by atoms with E-state index < -0.39 is 6.15 Å². The van der Waals surface area contributed by atoms with Crippen molar-refractivity contribution in [1.29, 1.82) is 0 Å². The van der Waals surface area contributed by atoms with Crippen LogP contribution in [0.3, 0.4) is 0 Å². The molecule has 100 valence electrons. The third kappa shape index (κ3) is 2.69. The Morgan fingerprint density at radius 2 is 0.895 bits per heavy atom. The second kappa shape index (κ2) is 6.79. The molecule has 0 heterocycles. The van der Waals surface area contributed by atoms with E-state index in [1.165, 1.54) is 77.0 Å². The van der Waals surface area contributed by atoms with E-state index >= 15 is 0 Å². The minimum absolute atomic E-state index is 0. The van der Waals surface area contributed by atoms with Crippen LogP contribution in [0.25, 0.3) is 0 Å². The standard InChI is InChI=1S/C17H28B.Li/c1-2-18(15-9-3-4-10-15,16-11-5-6-12-16)17-13-7-8-14-17;/h1,15-17H,3-14H2;/q-1;+1. The molecule has 0 N–H and O–H groups in total. The van der Waals surface area contributed by atoms with Gasteiger partial charge in [-0.2, -0.15) is 23.9 Å². The van der Waals surface area contributed by atoms with Gasteiger partial charge in [-0.05, 0) is 0 Å². The van der Waals surface area contributed by atoms with Crippen molar-refractivity contribution in [2.45, 2.75) is 94.5 Å². The van der Waals surface area contributed by atoms with Gasteiger partial charge in [-0.25, -0.2) is 0 Å². The van der Waals surface area contributed by atoms with Crippen LogP contribution in [-0.2, 0) is 0 Å². The second-order valence-electron chi connectivity index (χ2n) is 7.38. The van der Waals surface area contributed by atoms with Gasteiger partial charge in [0, 0.05) is 0 Å². The van der Waals surface area contributed by atoms with Crippen LogP contribution in [0, 0.1) is 12.2 Å². The molecule has 3 rings (SSSR count). The van der Waals surface area contributed by atoms with Crippen molar-refractivity contribution in [2.75, 3.05) is 0 Å². The summed E-state index contributed by atoms with van der Waals surface area (Å²) in [5.74, 6) is 6.30. The van der Waals surface area contributed by atoms with Crippen LogP contribution in [-0.4, -0.2) is 6.15 Å². The van der Waals surface area contributed by atoms with Crippen LogP contribution in [0.4, 0.5) is 0 Å². The Morgan fingerprint density at radius 1 is 0.632 bits per heavy atom. The molecule has 0 nitrogen and oxygen atoms in total. The molecule has 19 heavy (non-hydrogen) atoms. The molecule has 0 amide bonds. The molecular formula is C17H28BLi. The fourth-order valence-electron chi connectivity index (χ4n) is 6.09. The molecule has 3 saturated carbocycles. The van der Waals surface area contributed by atoms with Crippen LogP contribution in [0.15, 0.2) is 0 Å². The van der Waals surface area contributed by atoms with Crippen LogP contribution < -0.4 is 18.9 Å². The van der Waals surface area contributed by atoms with Crippen molar-refractivity contribution < 1.29 is 18.9 Å². The molecule has 3 fully saturated rings. The molecule has 0 aromatic carbocycles. The van der Waals surface area contributed by atoms with Gasteiger partial charge in [0.05, 0.1) is 6.15 Å². The molecular weight excluding hydrogens is 222 g/mol. The van der Waals surface area contributed by atoms with Crippen molar-refractivity contribution in [1.82, 2.24) is 0 Å². The minimum atomic E-state index is -0.479. The Balaban J connectivity index is 0.00000133. The SMILES string of the molecule is C#C[B-](C1CCCC1)(C1CCCC1)C1CCCC1.[Li+]. The van der Waals surface area contributed by atoms with E-state index in [1.54, 1.807) is 0 Å². The number of terminal acetylenes is 1. The average Bonchev–Trinajstić information content (AvgIpc) is 3.16. The van der Waals surface area contributed by atoms with Gasteiger partial charge in [0.15, 0.2) is 0 Å². The third-order valence-electron chi connectivity index (χ3n) is 6.83. The summed E-state index contributed by atoms with van der Waals surface area (Å²) in [6.07, 6.45) is 23.2. The maximum Gasteiger partial charge on any atom is 1.00 e. The van der Waals surface area contributed by atoms with Crippen LogP contribution >= 0.6 is 0 Å². The molecule has 0 aliphatic heterocycles. The van der Waals surface area contributed by atoms with Crippen LogP contribution in [0.1, 0.15) is 77.0 Å². The summed E-state index contributed by atoms with van der Waals surface area (Å²) in [4.78, 5) is 0. The zero-order valence-corrected chi connectivity index (χ0v) is 12.9. The summed E-state index contributed by atoms with van der Waals surface area (Å²) in [5, 5.41) is 0. The molecule has 3 aliphatic rings. The van der Waals surface area contributed by atoms with Crippen LogP contribution in [0.2, 0.25) is 17.5 Å². The van der Waals surface area contributed by atoms with Gasteiger partial charge in [-0.3, -0.25) is 0 Å². The molecule has 0 aromatic heterocycles. The zero-order valence-electron chi connectivity index (χ0n) is 12.9. The fourth-order valence-corrected chi connectivity index (χ4v) is 6.09. The van der Waals surface area contributed by atoms with E-state index in [0.29, 0.717) is 0 Å². The molecule has 0 aromatic rings. The summed E-state index contributed by atoms with van der Waals surface area (Å²) in [6, 6.07) is 0. The summed E-state index contributed by atoms with van der Waals surface area (Å²) < 4.78 is 0. The normalized spacial score (nSPS) is 26.5. The summed E-state index contributed by atoms with van der Waals surface area (Å²) in [7, 11) is 0. The van der Waals surface area contributed by atoms with Gasteiger partial charge in [0.25, 0.3) is 0 Å². The molecule has 3 aliphatic carbocycles. The van der Waals surface area contributed by atoms with E-state index in [-0.39, 0.29) is 18.9 Å². The average molecular weight is 250 g/mol. The maximum atomic E-state index is 6.23. The Morgan fingerprint density at radius 3 is 1.11 bits per heavy atom. The van der Waals surface area contributed by atoms with Crippen molar-refractivity contribution in [3.8, 4) is 12.2 Å². The fraction of sp³-hybridized carbons (Fsp3) is 0.882. The van der Waals surface area contributed by atoms with Crippen molar-refractivity contribution in [3.63, 3.8) is 0 Å². The maximum absolute atomic E-state index is 6.23. The summed E-state index contributed by atoms with van der Waals surface area (Å²) >= 11 is 0. The smallest absolute Gasteiger partial charge is 0.317 e. The first kappa shape index (κ1) is 15.6. The van der Waals surface area contributed by atoms with Gasteiger partial charge in [-0.1, -0.05) is 77.0 Å². The van der Waals surface area contributed by atoms with Crippen molar-refractivity contribution in [3.05, 3.63) is 0 Å².